The van der Waals surface area contributed by atoms with Crippen LogP contribution in [0.5, 0.6) is 0 Å². The van der Waals surface area contributed by atoms with Gasteiger partial charge in [0.15, 0.2) is 0 Å². The van der Waals surface area contributed by atoms with Crippen molar-refractivity contribution in [2.75, 3.05) is 24.3 Å². The largest absolute Gasteiger partial charge is 0.378 e. The predicted molar refractivity (Wildman–Crippen MR) is 92.3 cm³/mol. The standard InChI is InChI=1S/C17H20N2OS/c1-19(2)15-10-6-9-14(12-15)18-17(20)16(21)11-13-7-4-3-5-8-13/h3-10,12,16,21H,11H2,1-2H3,(H,18,20). The maximum atomic E-state index is 12.2. The SMILES string of the molecule is CN(C)c1cccc(NC(=O)C(S)Cc2ccccc2)c1. The molecule has 0 spiro atoms. The number of hydrogen-bond acceptors (Lipinski definition) is 3. The Morgan fingerprint density at radius 3 is 2.52 bits per heavy atom. The summed E-state index contributed by atoms with van der Waals surface area (Å²) in [7, 11) is 3.94. The van der Waals surface area contributed by atoms with E-state index in [1.54, 1.807) is 0 Å². The van der Waals surface area contributed by atoms with Crippen LogP contribution in [-0.2, 0) is 11.2 Å². The monoisotopic (exact) mass is 300 g/mol. The lowest BCUT2D eigenvalue weighted by Crippen LogP contribution is -2.25. The van der Waals surface area contributed by atoms with Crippen LogP contribution in [0.4, 0.5) is 11.4 Å². The highest BCUT2D eigenvalue weighted by molar-refractivity contribution is 7.81. The Balaban J connectivity index is 1.99. The van der Waals surface area contributed by atoms with Gasteiger partial charge in [0.05, 0.1) is 5.25 Å². The molecule has 0 aliphatic heterocycles. The van der Waals surface area contributed by atoms with Gasteiger partial charge in [0.25, 0.3) is 0 Å². The number of benzene rings is 2. The zero-order chi connectivity index (χ0) is 15.2. The van der Waals surface area contributed by atoms with Crippen LogP contribution in [0.1, 0.15) is 5.56 Å². The second kappa shape index (κ2) is 7.18. The number of thiol groups is 1. The second-order valence-corrected chi connectivity index (χ2v) is 5.76. The third-order valence-electron chi connectivity index (χ3n) is 3.20. The fourth-order valence-corrected chi connectivity index (χ4v) is 2.29. The molecule has 0 bridgehead atoms. The molecule has 110 valence electrons. The molecule has 1 N–H and O–H groups in total. The van der Waals surface area contributed by atoms with Gasteiger partial charge in [-0.2, -0.15) is 12.6 Å². The maximum absolute atomic E-state index is 12.2. The van der Waals surface area contributed by atoms with E-state index in [0.717, 1.165) is 16.9 Å². The van der Waals surface area contributed by atoms with Crippen molar-refractivity contribution in [1.82, 2.24) is 0 Å². The molecule has 1 amide bonds. The average molecular weight is 300 g/mol. The third-order valence-corrected chi connectivity index (χ3v) is 3.62. The van der Waals surface area contributed by atoms with Crippen LogP contribution in [-0.4, -0.2) is 25.3 Å². The molecule has 1 atom stereocenters. The molecule has 2 rings (SSSR count). The van der Waals surface area contributed by atoms with Crippen LogP contribution < -0.4 is 10.2 Å². The fourth-order valence-electron chi connectivity index (χ4n) is 2.02. The second-order valence-electron chi connectivity index (χ2n) is 5.14. The molecule has 0 aromatic heterocycles. The fraction of sp³-hybridized carbons (Fsp3) is 0.235. The molecule has 0 saturated carbocycles. The highest BCUT2D eigenvalue weighted by atomic mass is 32.1. The van der Waals surface area contributed by atoms with Crippen molar-refractivity contribution in [3.8, 4) is 0 Å². The summed E-state index contributed by atoms with van der Waals surface area (Å²) in [5.41, 5.74) is 2.94. The predicted octanol–water partition coefficient (Wildman–Crippen LogP) is 3.23. The van der Waals surface area contributed by atoms with Crippen LogP contribution >= 0.6 is 12.6 Å². The van der Waals surface area contributed by atoms with Crippen molar-refractivity contribution in [2.24, 2.45) is 0 Å². The summed E-state index contributed by atoms with van der Waals surface area (Å²) in [4.78, 5) is 14.2. The maximum Gasteiger partial charge on any atom is 0.237 e. The van der Waals surface area contributed by atoms with Gasteiger partial charge in [-0.15, -0.1) is 0 Å². The van der Waals surface area contributed by atoms with E-state index < -0.39 is 0 Å². The van der Waals surface area contributed by atoms with Crippen LogP contribution in [0.15, 0.2) is 54.6 Å². The Morgan fingerprint density at radius 1 is 1.14 bits per heavy atom. The Labute approximate surface area is 131 Å². The minimum Gasteiger partial charge on any atom is -0.378 e. The smallest absolute Gasteiger partial charge is 0.237 e. The number of rotatable bonds is 5. The number of anilines is 2. The molecule has 3 nitrogen and oxygen atoms in total. The zero-order valence-corrected chi connectivity index (χ0v) is 13.2. The molecular weight excluding hydrogens is 280 g/mol. The van der Waals surface area contributed by atoms with E-state index in [-0.39, 0.29) is 11.2 Å². The van der Waals surface area contributed by atoms with Crippen molar-refractivity contribution in [3.63, 3.8) is 0 Å². The Bertz CT molecular complexity index is 599. The third kappa shape index (κ3) is 4.53. The number of amides is 1. The molecule has 0 aliphatic rings. The molecule has 1 unspecified atom stereocenters. The molecule has 0 saturated heterocycles. The first-order valence-electron chi connectivity index (χ1n) is 6.86. The summed E-state index contributed by atoms with van der Waals surface area (Å²) in [5.74, 6) is -0.0851. The molecule has 0 radical (unpaired) electrons. The van der Waals surface area contributed by atoms with E-state index in [9.17, 15) is 4.79 Å². The lowest BCUT2D eigenvalue weighted by molar-refractivity contribution is -0.115. The van der Waals surface area contributed by atoms with E-state index in [0.29, 0.717) is 6.42 Å². The number of nitrogens with one attached hydrogen (secondary N) is 1. The number of carbonyl (C=O) groups excluding carboxylic acids is 1. The molecule has 0 aliphatic carbocycles. The summed E-state index contributed by atoms with van der Waals surface area (Å²) in [6.45, 7) is 0. The minimum atomic E-state index is -0.365. The van der Waals surface area contributed by atoms with Gasteiger partial charge in [0.1, 0.15) is 0 Å². The van der Waals surface area contributed by atoms with Gasteiger partial charge in [-0.1, -0.05) is 36.4 Å². The first-order valence-corrected chi connectivity index (χ1v) is 7.38. The number of nitrogens with zero attached hydrogens (tertiary/aromatic N) is 1. The van der Waals surface area contributed by atoms with E-state index >= 15 is 0 Å². The van der Waals surface area contributed by atoms with Gasteiger partial charge >= 0.3 is 0 Å². The molecule has 4 heteroatoms. The molecule has 0 heterocycles. The van der Waals surface area contributed by atoms with Gasteiger partial charge in [0, 0.05) is 25.5 Å². The summed E-state index contributed by atoms with van der Waals surface area (Å²) in [6, 6.07) is 17.7. The zero-order valence-electron chi connectivity index (χ0n) is 12.3. The normalized spacial score (nSPS) is 11.8. The topological polar surface area (TPSA) is 32.3 Å². The quantitative estimate of drug-likeness (QED) is 0.831. The van der Waals surface area contributed by atoms with Crippen molar-refractivity contribution >= 4 is 29.9 Å². The molecule has 2 aromatic rings. The first kappa shape index (κ1) is 15.4. The van der Waals surface area contributed by atoms with Crippen LogP contribution in [0.2, 0.25) is 0 Å². The first-order chi connectivity index (χ1) is 10.1. The molecule has 0 fully saturated rings. The highest BCUT2D eigenvalue weighted by Crippen LogP contribution is 2.18. The summed E-state index contributed by atoms with van der Waals surface area (Å²) >= 11 is 4.41. The average Bonchev–Trinajstić information content (AvgIpc) is 2.48. The van der Waals surface area contributed by atoms with Crippen molar-refractivity contribution in [3.05, 3.63) is 60.2 Å². The van der Waals surface area contributed by atoms with Gasteiger partial charge in [-0.05, 0) is 30.2 Å². The van der Waals surface area contributed by atoms with E-state index in [2.05, 4.69) is 17.9 Å². The summed E-state index contributed by atoms with van der Waals surface area (Å²) in [5, 5.41) is 2.55. The van der Waals surface area contributed by atoms with Gasteiger partial charge in [0.2, 0.25) is 5.91 Å². The van der Waals surface area contributed by atoms with Crippen LogP contribution in [0, 0.1) is 0 Å². The van der Waals surface area contributed by atoms with Crippen LogP contribution in [0.25, 0.3) is 0 Å². The Kier molecular flexibility index (Phi) is 5.28. The van der Waals surface area contributed by atoms with E-state index in [1.807, 2.05) is 73.6 Å². The number of hydrogen-bond donors (Lipinski definition) is 2. The van der Waals surface area contributed by atoms with Crippen molar-refractivity contribution in [1.29, 1.82) is 0 Å². The Morgan fingerprint density at radius 2 is 1.86 bits per heavy atom. The lowest BCUT2D eigenvalue weighted by Gasteiger charge is -2.15. The van der Waals surface area contributed by atoms with Crippen LogP contribution in [0.3, 0.4) is 0 Å². The minimum absolute atomic E-state index is 0.0851. The lowest BCUT2D eigenvalue weighted by atomic mass is 10.1. The van der Waals surface area contributed by atoms with E-state index in [4.69, 9.17) is 0 Å². The molecular formula is C17H20N2OS. The number of carbonyl (C=O) groups is 1. The molecule has 21 heavy (non-hydrogen) atoms. The summed E-state index contributed by atoms with van der Waals surface area (Å²) < 4.78 is 0. The van der Waals surface area contributed by atoms with Gasteiger partial charge in [-0.25, -0.2) is 0 Å². The van der Waals surface area contributed by atoms with Crippen molar-refractivity contribution < 1.29 is 4.79 Å². The van der Waals surface area contributed by atoms with E-state index in [1.165, 1.54) is 0 Å². The Hall–Kier alpha value is -1.94. The summed E-state index contributed by atoms with van der Waals surface area (Å²) in [6.07, 6.45) is 0.614. The van der Waals surface area contributed by atoms with Gasteiger partial charge in [-0.3, -0.25) is 4.79 Å². The molecule has 2 aromatic carbocycles. The van der Waals surface area contributed by atoms with Crippen molar-refractivity contribution in [2.45, 2.75) is 11.7 Å². The highest BCUT2D eigenvalue weighted by Gasteiger charge is 2.14. The van der Waals surface area contributed by atoms with Gasteiger partial charge < -0.3 is 10.2 Å².